The van der Waals surface area contributed by atoms with Crippen molar-refractivity contribution in [2.75, 3.05) is 0 Å². The minimum absolute atomic E-state index is 0.00946. The monoisotopic (exact) mass is 372 g/mol. The van der Waals surface area contributed by atoms with Crippen LogP contribution >= 0.6 is 11.3 Å². The molecule has 3 rings (SSSR count). The van der Waals surface area contributed by atoms with Gasteiger partial charge in [-0.3, -0.25) is 0 Å². The molecule has 25 heavy (non-hydrogen) atoms. The van der Waals surface area contributed by atoms with E-state index in [4.69, 9.17) is 5.26 Å². The van der Waals surface area contributed by atoms with Crippen molar-refractivity contribution in [1.29, 1.82) is 5.26 Å². The number of nitriles is 1. The average Bonchev–Trinajstić information content (AvgIpc) is 3.15. The number of rotatable bonds is 5. The van der Waals surface area contributed by atoms with Gasteiger partial charge in [0.15, 0.2) is 0 Å². The molecule has 0 saturated carbocycles. The largest absolute Gasteiger partial charge is 0.241 e. The number of sulfonamides is 1. The maximum Gasteiger partial charge on any atom is 0.241 e. The molecule has 3 aromatic rings. The number of hydrogen-bond donors (Lipinski definition) is 1. The van der Waals surface area contributed by atoms with Crippen molar-refractivity contribution in [2.45, 2.75) is 10.9 Å². The molecular weight excluding hydrogens is 359 g/mol. The third kappa shape index (κ3) is 3.94. The van der Waals surface area contributed by atoms with Crippen LogP contribution < -0.4 is 4.72 Å². The van der Waals surface area contributed by atoms with Crippen molar-refractivity contribution >= 4 is 21.4 Å². The maximum absolute atomic E-state index is 13.2. The van der Waals surface area contributed by atoms with Gasteiger partial charge in [0.25, 0.3) is 0 Å². The number of hydrogen-bond acceptors (Lipinski definition) is 4. The summed E-state index contributed by atoms with van der Waals surface area (Å²) < 4.78 is 41.4. The molecule has 0 saturated heterocycles. The third-order valence-corrected chi connectivity index (χ3v) is 5.94. The quantitative estimate of drug-likeness (QED) is 0.740. The second-order valence-electron chi connectivity index (χ2n) is 5.26. The molecule has 0 amide bonds. The molecule has 0 spiro atoms. The Morgan fingerprint density at radius 3 is 2.48 bits per heavy atom. The van der Waals surface area contributed by atoms with Gasteiger partial charge in [0.1, 0.15) is 5.82 Å². The lowest BCUT2D eigenvalue weighted by molar-refractivity contribution is 0.573. The average molecular weight is 372 g/mol. The Morgan fingerprint density at radius 2 is 1.84 bits per heavy atom. The van der Waals surface area contributed by atoms with Gasteiger partial charge in [-0.15, -0.1) is 11.3 Å². The summed E-state index contributed by atoms with van der Waals surface area (Å²) in [5.74, 6) is -0.391. The normalized spacial score (nSPS) is 12.5. The zero-order valence-electron chi connectivity index (χ0n) is 12.9. The van der Waals surface area contributed by atoms with E-state index in [2.05, 4.69) is 4.72 Å². The zero-order valence-corrected chi connectivity index (χ0v) is 14.5. The molecule has 0 bridgehead atoms. The second kappa shape index (κ2) is 7.15. The summed E-state index contributed by atoms with van der Waals surface area (Å²) in [6, 6.07) is 16.4. The number of nitrogens with zero attached hydrogens (tertiary/aromatic N) is 1. The molecule has 126 valence electrons. The lowest BCUT2D eigenvalue weighted by atomic mass is 10.1. The van der Waals surface area contributed by atoms with Crippen LogP contribution in [0.3, 0.4) is 0 Å². The Hall–Kier alpha value is -2.53. The molecular formula is C18H13FN2O2S2. The Bertz CT molecular complexity index is 1010. The van der Waals surface area contributed by atoms with Crippen LogP contribution in [0.5, 0.6) is 0 Å². The van der Waals surface area contributed by atoms with Gasteiger partial charge in [-0.2, -0.15) is 9.98 Å². The first-order chi connectivity index (χ1) is 12.0. The minimum atomic E-state index is -3.86. The predicted octanol–water partition coefficient (Wildman–Crippen LogP) is 3.83. The van der Waals surface area contributed by atoms with E-state index in [1.54, 1.807) is 12.1 Å². The van der Waals surface area contributed by atoms with Crippen LogP contribution in [-0.4, -0.2) is 8.42 Å². The van der Waals surface area contributed by atoms with E-state index < -0.39 is 21.9 Å². The van der Waals surface area contributed by atoms with E-state index >= 15 is 0 Å². The molecule has 2 aromatic carbocycles. The lowest BCUT2D eigenvalue weighted by Crippen LogP contribution is -2.29. The third-order valence-electron chi connectivity index (χ3n) is 3.58. The molecule has 0 aliphatic rings. The fraction of sp³-hybridized carbons (Fsp3) is 0.0556. The van der Waals surface area contributed by atoms with Crippen LogP contribution in [0.15, 0.2) is 70.9 Å². The van der Waals surface area contributed by atoms with Crippen molar-refractivity contribution in [3.05, 3.63) is 87.9 Å². The van der Waals surface area contributed by atoms with Gasteiger partial charge in [-0.25, -0.2) is 12.8 Å². The maximum atomic E-state index is 13.2. The highest BCUT2D eigenvalue weighted by atomic mass is 32.2. The standard InChI is InChI=1S/C18H13FN2O2S2/c19-15-8-6-14(7-9-15)18(17-5-2-10-24-17)21-25(22,23)16-4-1-3-13(11-16)12-20/h1-11,18,21H. The van der Waals surface area contributed by atoms with E-state index in [1.807, 2.05) is 23.6 Å². The molecule has 1 aromatic heterocycles. The van der Waals surface area contributed by atoms with E-state index in [0.29, 0.717) is 5.56 Å². The van der Waals surface area contributed by atoms with Gasteiger partial charge in [0.2, 0.25) is 10.0 Å². The van der Waals surface area contributed by atoms with Crippen LogP contribution in [0, 0.1) is 17.1 Å². The van der Waals surface area contributed by atoms with Crippen molar-refractivity contribution in [3.8, 4) is 6.07 Å². The van der Waals surface area contributed by atoms with Crippen LogP contribution in [0.25, 0.3) is 0 Å². The summed E-state index contributed by atoms with van der Waals surface area (Å²) in [4.78, 5) is 0.793. The smallest absolute Gasteiger partial charge is 0.207 e. The highest BCUT2D eigenvalue weighted by Gasteiger charge is 2.24. The first kappa shape index (κ1) is 17.3. The van der Waals surface area contributed by atoms with Crippen LogP contribution in [0.2, 0.25) is 0 Å². The van der Waals surface area contributed by atoms with E-state index in [9.17, 15) is 12.8 Å². The molecule has 1 N–H and O–H groups in total. The summed E-state index contributed by atoms with van der Waals surface area (Å²) in [5, 5.41) is 10.8. The van der Waals surface area contributed by atoms with Gasteiger partial charge in [0, 0.05) is 4.88 Å². The van der Waals surface area contributed by atoms with Crippen molar-refractivity contribution < 1.29 is 12.8 Å². The molecule has 1 unspecified atom stereocenters. The summed E-state index contributed by atoms with van der Waals surface area (Å²) >= 11 is 1.40. The Morgan fingerprint density at radius 1 is 1.08 bits per heavy atom. The Kier molecular flexibility index (Phi) is 4.95. The lowest BCUT2D eigenvalue weighted by Gasteiger charge is -2.18. The molecule has 7 heteroatoms. The summed E-state index contributed by atoms with van der Waals surface area (Å²) in [6.45, 7) is 0. The fourth-order valence-electron chi connectivity index (χ4n) is 2.36. The van der Waals surface area contributed by atoms with Gasteiger partial charge in [-0.05, 0) is 47.3 Å². The Labute approximate surface area is 149 Å². The van der Waals surface area contributed by atoms with Crippen molar-refractivity contribution in [1.82, 2.24) is 4.72 Å². The van der Waals surface area contributed by atoms with Crippen molar-refractivity contribution in [2.24, 2.45) is 0 Å². The van der Waals surface area contributed by atoms with Crippen LogP contribution in [-0.2, 0) is 10.0 Å². The number of halogens is 1. The minimum Gasteiger partial charge on any atom is -0.207 e. The first-order valence-electron chi connectivity index (χ1n) is 7.31. The molecule has 0 aliphatic carbocycles. The SMILES string of the molecule is N#Cc1cccc(S(=O)(=O)NC(c2ccc(F)cc2)c2cccs2)c1. The summed E-state index contributed by atoms with van der Waals surface area (Å²) in [6.07, 6.45) is 0. The van der Waals surface area contributed by atoms with Gasteiger partial charge >= 0.3 is 0 Å². The van der Waals surface area contributed by atoms with E-state index in [-0.39, 0.29) is 10.5 Å². The second-order valence-corrected chi connectivity index (χ2v) is 7.95. The number of benzene rings is 2. The summed E-state index contributed by atoms with van der Waals surface area (Å²) in [5.41, 5.74) is 0.890. The molecule has 0 fully saturated rings. The topological polar surface area (TPSA) is 70.0 Å². The zero-order chi connectivity index (χ0) is 17.9. The molecule has 0 aliphatic heterocycles. The fourth-order valence-corrected chi connectivity index (χ4v) is 4.48. The number of thiophene rings is 1. The van der Waals surface area contributed by atoms with Crippen LogP contribution in [0.1, 0.15) is 22.0 Å². The summed E-state index contributed by atoms with van der Waals surface area (Å²) in [7, 11) is -3.86. The highest BCUT2D eigenvalue weighted by molar-refractivity contribution is 7.89. The highest BCUT2D eigenvalue weighted by Crippen LogP contribution is 2.28. The van der Waals surface area contributed by atoms with Crippen LogP contribution in [0.4, 0.5) is 4.39 Å². The molecule has 0 radical (unpaired) electrons. The van der Waals surface area contributed by atoms with Gasteiger partial charge in [-0.1, -0.05) is 24.3 Å². The van der Waals surface area contributed by atoms with Gasteiger partial charge in [0.05, 0.1) is 22.6 Å². The molecule has 4 nitrogen and oxygen atoms in total. The Balaban J connectivity index is 2.00. The predicted molar refractivity (Wildman–Crippen MR) is 94.0 cm³/mol. The number of nitrogens with one attached hydrogen (secondary N) is 1. The first-order valence-corrected chi connectivity index (χ1v) is 9.67. The van der Waals surface area contributed by atoms with Gasteiger partial charge < -0.3 is 0 Å². The molecule has 1 heterocycles. The van der Waals surface area contributed by atoms with Crippen molar-refractivity contribution in [3.63, 3.8) is 0 Å². The van der Waals surface area contributed by atoms with E-state index in [1.165, 1.54) is 47.7 Å². The molecule has 1 atom stereocenters. The van der Waals surface area contributed by atoms with E-state index in [0.717, 1.165) is 4.88 Å².